The maximum atomic E-state index is 11.5. The SMILES string of the molecule is CC(=O)/C=C(\B1OC(C)(C)C(C)(C)O1)c1ccccc1. The van der Waals surface area contributed by atoms with E-state index in [1.807, 2.05) is 58.0 Å². The van der Waals surface area contributed by atoms with Gasteiger partial charge in [0.25, 0.3) is 0 Å². The highest BCUT2D eigenvalue weighted by atomic mass is 16.7. The van der Waals surface area contributed by atoms with E-state index in [2.05, 4.69) is 0 Å². The van der Waals surface area contributed by atoms with Gasteiger partial charge in [-0.2, -0.15) is 0 Å². The van der Waals surface area contributed by atoms with E-state index in [0.29, 0.717) is 0 Å². The molecule has 1 aliphatic heterocycles. The Morgan fingerprint density at radius 2 is 1.55 bits per heavy atom. The van der Waals surface area contributed by atoms with Crippen molar-refractivity contribution in [3.05, 3.63) is 42.0 Å². The van der Waals surface area contributed by atoms with E-state index in [1.54, 1.807) is 6.08 Å². The zero-order valence-corrected chi connectivity index (χ0v) is 12.8. The van der Waals surface area contributed by atoms with Gasteiger partial charge in [-0.1, -0.05) is 30.3 Å². The van der Waals surface area contributed by atoms with Crippen LogP contribution < -0.4 is 0 Å². The van der Waals surface area contributed by atoms with Crippen molar-refractivity contribution < 1.29 is 14.1 Å². The summed E-state index contributed by atoms with van der Waals surface area (Å²) in [7, 11) is -0.522. The lowest BCUT2D eigenvalue weighted by Crippen LogP contribution is -2.41. The fraction of sp³-hybridized carbons (Fsp3) is 0.438. The topological polar surface area (TPSA) is 35.5 Å². The first-order chi connectivity index (χ1) is 9.23. The molecule has 0 aliphatic carbocycles. The molecule has 0 amide bonds. The molecule has 20 heavy (non-hydrogen) atoms. The molecular weight excluding hydrogens is 251 g/mol. The second kappa shape index (κ2) is 5.19. The van der Waals surface area contributed by atoms with Gasteiger partial charge in [-0.3, -0.25) is 4.79 Å². The van der Waals surface area contributed by atoms with Crippen LogP contribution in [-0.4, -0.2) is 24.1 Å². The van der Waals surface area contributed by atoms with Crippen LogP contribution in [0.3, 0.4) is 0 Å². The molecule has 0 radical (unpaired) electrons. The molecule has 3 nitrogen and oxygen atoms in total. The Balaban J connectivity index is 2.39. The zero-order chi connectivity index (χ0) is 15.0. The van der Waals surface area contributed by atoms with E-state index in [0.717, 1.165) is 11.0 Å². The van der Waals surface area contributed by atoms with Gasteiger partial charge >= 0.3 is 7.12 Å². The molecule has 1 aliphatic rings. The molecule has 0 aromatic heterocycles. The summed E-state index contributed by atoms with van der Waals surface area (Å²) < 4.78 is 12.1. The quantitative estimate of drug-likeness (QED) is 0.625. The predicted molar refractivity (Wildman–Crippen MR) is 81.2 cm³/mol. The monoisotopic (exact) mass is 272 g/mol. The number of hydrogen-bond acceptors (Lipinski definition) is 3. The Labute approximate surface area is 121 Å². The molecule has 1 aromatic carbocycles. The van der Waals surface area contributed by atoms with Crippen molar-refractivity contribution in [2.24, 2.45) is 0 Å². The smallest absolute Gasteiger partial charge is 0.399 e. The normalized spacial score (nSPS) is 21.1. The maximum absolute atomic E-state index is 11.5. The van der Waals surface area contributed by atoms with Gasteiger partial charge < -0.3 is 9.31 Å². The maximum Gasteiger partial charge on any atom is 0.495 e. The Morgan fingerprint density at radius 1 is 1.05 bits per heavy atom. The Kier molecular flexibility index (Phi) is 3.89. The molecule has 2 rings (SSSR count). The third kappa shape index (κ3) is 2.86. The number of rotatable bonds is 3. The summed E-state index contributed by atoms with van der Waals surface area (Å²) in [5, 5.41) is 0. The van der Waals surface area contributed by atoms with Gasteiger partial charge in [0.2, 0.25) is 0 Å². The highest BCUT2D eigenvalue weighted by Crippen LogP contribution is 2.40. The Bertz CT molecular complexity index is 516. The molecule has 0 unspecified atom stereocenters. The first-order valence-electron chi connectivity index (χ1n) is 6.86. The highest BCUT2D eigenvalue weighted by molar-refractivity contribution is 6.69. The fourth-order valence-electron chi connectivity index (χ4n) is 2.11. The molecule has 106 valence electrons. The van der Waals surface area contributed by atoms with E-state index in [4.69, 9.17) is 9.31 Å². The molecule has 1 heterocycles. The number of ketones is 1. The van der Waals surface area contributed by atoms with Gasteiger partial charge in [0, 0.05) is 0 Å². The number of carbonyl (C=O) groups is 1. The van der Waals surface area contributed by atoms with Gasteiger partial charge in [-0.15, -0.1) is 0 Å². The van der Waals surface area contributed by atoms with Crippen molar-refractivity contribution in [2.45, 2.75) is 45.8 Å². The summed E-state index contributed by atoms with van der Waals surface area (Å²) in [6.07, 6.45) is 1.59. The van der Waals surface area contributed by atoms with E-state index in [-0.39, 0.29) is 5.78 Å². The van der Waals surface area contributed by atoms with Gasteiger partial charge in [0.05, 0.1) is 11.2 Å². The third-order valence-electron chi connectivity index (χ3n) is 3.97. The van der Waals surface area contributed by atoms with Crippen LogP contribution in [0.15, 0.2) is 36.4 Å². The second-order valence-electron chi connectivity index (χ2n) is 6.16. The Morgan fingerprint density at radius 3 is 2.00 bits per heavy atom. The van der Waals surface area contributed by atoms with Crippen LogP contribution in [0.5, 0.6) is 0 Å². The molecule has 0 bridgehead atoms. The number of carbonyl (C=O) groups excluding carboxylic acids is 1. The second-order valence-corrected chi connectivity index (χ2v) is 6.16. The molecular formula is C16H21BO3. The lowest BCUT2D eigenvalue weighted by molar-refractivity contribution is -0.112. The third-order valence-corrected chi connectivity index (χ3v) is 3.97. The van der Waals surface area contributed by atoms with Crippen molar-refractivity contribution in [3.63, 3.8) is 0 Å². The molecule has 1 fully saturated rings. The predicted octanol–water partition coefficient (Wildman–Crippen LogP) is 3.29. The minimum atomic E-state index is -0.522. The van der Waals surface area contributed by atoms with Crippen LogP contribution >= 0.6 is 0 Å². The lowest BCUT2D eigenvalue weighted by atomic mass is 9.73. The zero-order valence-electron chi connectivity index (χ0n) is 12.8. The summed E-state index contributed by atoms with van der Waals surface area (Å²) in [4.78, 5) is 11.5. The number of hydrogen-bond donors (Lipinski definition) is 0. The summed E-state index contributed by atoms with van der Waals surface area (Å²) in [6, 6.07) is 9.74. The summed E-state index contributed by atoms with van der Waals surface area (Å²) in [5.41, 5.74) is 0.892. The molecule has 1 saturated heterocycles. The molecule has 1 aromatic rings. The molecule has 0 N–H and O–H groups in total. The summed E-state index contributed by atoms with van der Waals surface area (Å²) in [6.45, 7) is 9.55. The van der Waals surface area contributed by atoms with Crippen molar-refractivity contribution in [2.75, 3.05) is 0 Å². The first kappa shape index (κ1) is 15.0. The minimum Gasteiger partial charge on any atom is -0.399 e. The number of allylic oxidation sites excluding steroid dienone is 1. The fourth-order valence-corrected chi connectivity index (χ4v) is 2.11. The van der Waals surface area contributed by atoms with Crippen LogP contribution in [0, 0.1) is 0 Å². The molecule has 4 heteroatoms. The van der Waals surface area contributed by atoms with Crippen molar-refractivity contribution in [1.29, 1.82) is 0 Å². The number of benzene rings is 1. The highest BCUT2D eigenvalue weighted by Gasteiger charge is 2.52. The van der Waals surface area contributed by atoms with E-state index in [1.165, 1.54) is 6.92 Å². The van der Waals surface area contributed by atoms with Crippen LogP contribution in [0.1, 0.15) is 40.2 Å². The van der Waals surface area contributed by atoms with Gasteiger partial charge in [-0.25, -0.2) is 0 Å². The van der Waals surface area contributed by atoms with Crippen molar-refractivity contribution >= 4 is 18.4 Å². The van der Waals surface area contributed by atoms with Crippen LogP contribution in [-0.2, 0) is 14.1 Å². The van der Waals surface area contributed by atoms with Crippen LogP contribution in [0.25, 0.3) is 5.47 Å². The molecule has 0 atom stereocenters. The van der Waals surface area contributed by atoms with Crippen molar-refractivity contribution in [3.8, 4) is 0 Å². The summed E-state index contributed by atoms with van der Waals surface area (Å²) in [5.74, 6) is -0.0152. The van der Waals surface area contributed by atoms with Crippen LogP contribution in [0.2, 0.25) is 0 Å². The van der Waals surface area contributed by atoms with Gasteiger partial charge in [0.15, 0.2) is 5.78 Å². The Hall–Kier alpha value is -1.39. The first-order valence-corrected chi connectivity index (χ1v) is 6.86. The standard InChI is InChI=1S/C16H21BO3/c1-12(18)11-14(13-9-7-6-8-10-13)17-19-15(2,3)16(4,5)20-17/h6-11H,1-5H3/b14-11-. The van der Waals surface area contributed by atoms with Gasteiger partial charge in [-0.05, 0) is 51.7 Å². The molecule has 0 spiro atoms. The largest absolute Gasteiger partial charge is 0.495 e. The van der Waals surface area contributed by atoms with E-state index in [9.17, 15) is 4.79 Å². The average molecular weight is 272 g/mol. The average Bonchev–Trinajstić information content (AvgIpc) is 2.56. The summed E-state index contributed by atoms with van der Waals surface area (Å²) >= 11 is 0. The van der Waals surface area contributed by atoms with E-state index < -0.39 is 18.3 Å². The van der Waals surface area contributed by atoms with E-state index >= 15 is 0 Å². The van der Waals surface area contributed by atoms with Crippen molar-refractivity contribution in [1.82, 2.24) is 0 Å². The van der Waals surface area contributed by atoms with Gasteiger partial charge in [0.1, 0.15) is 0 Å². The minimum absolute atomic E-state index is 0.0152. The van der Waals surface area contributed by atoms with Crippen LogP contribution in [0.4, 0.5) is 0 Å². The lowest BCUT2D eigenvalue weighted by Gasteiger charge is -2.32. The molecule has 0 saturated carbocycles.